The molecule has 3 rings (SSSR count). The molecule has 1 fully saturated rings. The summed E-state index contributed by atoms with van der Waals surface area (Å²) in [5, 5.41) is 1.87. The molecule has 2 aliphatic carbocycles. The number of amides is 1. The van der Waals surface area contributed by atoms with E-state index in [9.17, 15) is 22.8 Å². The van der Waals surface area contributed by atoms with E-state index in [2.05, 4.69) is 16.4 Å². The summed E-state index contributed by atoms with van der Waals surface area (Å²) >= 11 is 5.70. The number of nitrogens with one attached hydrogen (secondary N) is 1. The Hall–Kier alpha value is -2.09. The Bertz CT molecular complexity index is 736. The molecule has 2 aliphatic rings. The molecule has 1 heterocycles. The Balaban J connectivity index is 1.53. The van der Waals surface area contributed by atoms with Crippen molar-refractivity contribution in [2.24, 2.45) is 17.8 Å². The lowest BCUT2D eigenvalue weighted by Gasteiger charge is -2.16. The van der Waals surface area contributed by atoms with Crippen molar-refractivity contribution in [3.8, 4) is 0 Å². The Morgan fingerprint density at radius 1 is 1.32 bits per heavy atom. The molecule has 25 heavy (non-hydrogen) atoms. The molecule has 134 valence electrons. The average molecular weight is 375 g/mol. The number of nitrogens with zero attached hydrogens (tertiary/aromatic N) is 1. The summed E-state index contributed by atoms with van der Waals surface area (Å²) in [4.78, 5) is 27.3. The molecule has 3 atom stereocenters. The van der Waals surface area contributed by atoms with E-state index in [0.717, 1.165) is 6.42 Å². The SMILES string of the molecule is O=C(COC(=O)[C@@H]1C[C@@H]2C=C[C@H]1C2)Nc1ncc(C(F)(F)F)cc1Cl. The number of halogens is 4. The molecular weight excluding hydrogens is 361 g/mol. The average Bonchev–Trinajstić information content (AvgIpc) is 3.16. The molecular formula is C16H14ClF3N2O3. The number of ether oxygens (including phenoxy) is 1. The maximum absolute atomic E-state index is 12.5. The maximum Gasteiger partial charge on any atom is 0.417 e. The Labute approximate surface area is 146 Å². The van der Waals surface area contributed by atoms with Crippen molar-refractivity contribution < 1.29 is 27.5 Å². The molecule has 1 saturated carbocycles. The van der Waals surface area contributed by atoms with Gasteiger partial charge in [-0.2, -0.15) is 13.2 Å². The van der Waals surface area contributed by atoms with Gasteiger partial charge in [-0.05, 0) is 30.7 Å². The van der Waals surface area contributed by atoms with Crippen LogP contribution in [0.3, 0.4) is 0 Å². The fourth-order valence-corrected chi connectivity index (χ4v) is 3.36. The van der Waals surface area contributed by atoms with Gasteiger partial charge in [0.1, 0.15) is 0 Å². The number of rotatable bonds is 4. The van der Waals surface area contributed by atoms with Crippen LogP contribution in [0.15, 0.2) is 24.4 Å². The fourth-order valence-electron chi connectivity index (χ4n) is 3.15. The molecule has 0 aliphatic heterocycles. The van der Waals surface area contributed by atoms with Gasteiger partial charge in [-0.3, -0.25) is 9.59 Å². The minimum atomic E-state index is -4.58. The molecule has 1 aromatic heterocycles. The fraction of sp³-hybridized carbons (Fsp3) is 0.438. The second-order valence-corrected chi connectivity index (χ2v) is 6.50. The van der Waals surface area contributed by atoms with Crippen molar-refractivity contribution in [3.63, 3.8) is 0 Å². The summed E-state index contributed by atoms with van der Waals surface area (Å²) in [6.07, 6.45) is 1.70. The maximum atomic E-state index is 12.5. The largest absolute Gasteiger partial charge is 0.455 e. The van der Waals surface area contributed by atoms with Crippen LogP contribution in [-0.2, 0) is 20.5 Å². The molecule has 1 amide bonds. The van der Waals surface area contributed by atoms with Gasteiger partial charge in [0.15, 0.2) is 12.4 Å². The minimum Gasteiger partial charge on any atom is -0.455 e. The first-order chi connectivity index (χ1) is 11.7. The van der Waals surface area contributed by atoms with Crippen LogP contribution in [0.1, 0.15) is 18.4 Å². The van der Waals surface area contributed by atoms with E-state index in [-0.39, 0.29) is 22.7 Å². The lowest BCUT2D eigenvalue weighted by molar-refractivity contribution is -0.152. The Morgan fingerprint density at radius 3 is 2.64 bits per heavy atom. The van der Waals surface area contributed by atoms with Gasteiger partial charge < -0.3 is 10.1 Å². The lowest BCUT2D eigenvalue weighted by atomic mass is 9.94. The highest BCUT2D eigenvalue weighted by atomic mass is 35.5. The quantitative estimate of drug-likeness (QED) is 0.647. The van der Waals surface area contributed by atoms with Gasteiger partial charge in [0.2, 0.25) is 0 Å². The molecule has 0 radical (unpaired) electrons. The number of esters is 1. The van der Waals surface area contributed by atoms with Crippen LogP contribution < -0.4 is 5.32 Å². The van der Waals surface area contributed by atoms with Gasteiger partial charge in [0, 0.05) is 6.20 Å². The number of allylic oxidation sites excluding steroid dienone is 2. The first-order valence-electron chi connectivity index (χ1n) is 7.61. The molecule has 0 unspecified atom stereocenters. The van der Waals surface area contributed by atoms with Crippen molar-refractivity contribution in [3.05, 3.63) is 35.0 Å². The van der Waals surface area contributed by atoms with E-state index in [0.29, 0.717) is 24.6 Å². The molecule has 2 bridgehead atoms. The van der Waals surface area contributed by atoms with Crippen LogP contribution in [0.4, 0.5) is 19.0 Å². The van der Waals surface area contributed by atoms with Crippen molar-refractivity contribution in [2.75, 3.05) is 11.9 Å². The summed E-state index contributed by atoms with van der Waals surface area (Å²) < 4.78 is 42.6. The number of carbonyl (C=O) groups excluding carboxylic acids is 2. The van der Waals surface area contributed by atoms with Crippen molar-refractivity contribution in [1.82, 2.24) is 4.98 Å². The third-order valence-corrected chi connectivity index (χ3v) is 4.64. The summed E-state index contributed by atoms with van der Waals surface area (Å²) in [6, 6.07) is 0.664. The number of hydrogen-bond acceptors (Lipinski definition) is 4. The standard InChI is InChI=1S/C16H14ClF3N2O3/c17-12-5-10(16(18,19)20)6-21-14(12)22-13(23)7-25-15(24)11-4-8-1-2-9(11)3-8/h1-2,5-6,8-9,11H,3-4,7H2,(H,21,22,23)/t8-,9+,11-/m1/s1. The number of pyridine rings is 1. The van der Waals surface area contributed by atoms with Gasteiger partial charge in [0.25, 0.3) is 5.91 Å². The smallest absolute Gasteiger partial charge is 0.417 e. The molecule has 9 heteroatoms. The zero-order chi connectivity index (χ0) is 18.2. The molecule has 0 spiro atoms. The molecule has 0 saturated heterocycles. The molecule has 5 nitrogen and oxygen atoms in total. The normalized spacial score (nSPS) is 24.4. The Kier molecular flexibility index (Phi) is 4.73. The second-order valence-electron chi connectivity index (χ2n) is 6.09. The van der Waals surface area contributed by atoms with E-state index in [1.54, 1.807) is 0 Å². The summed E-state index contributed by atoms with van der Waals surface area (Å²) in [5.41, 5.74) is -1.02. The van der Waals surface area contributed by atoms with E-state index in [1.165, 1.54) is 0 Å². The second kappa shape index (κ2) is 6.67. The summed E-state index contributed by atoms with van der Waals surface area (Å²) in [7, 11) is 0. The van der Waals surface area contributed by atoms with Crippen molar-refractivity contribution in [2.45, 2.75) is 19.0 Å². The van der Waals surface area contributed by atoms with Crippen LogP contribution in [0.25, 0.3) is 0 Å². The van der Waals surface area contributed by atoms with Gasteiger partial charge >= 0.3 is 12.1 Å². The summed E-state index contributed by atoms with van der Waals surface area (Å²) in [6.45, 7) is -0.546. The number of anilines is 1. The third-order valence-electron chi connectivity index (χ3n) is 4.35. The zero-order valence-corrected chi connectivity index (χ0v) is 13.6. The molecule has 1 aromatic rings. The number of fused-ring (bicyclic) bond motifs is 2. The van der Waals surface area contributed by atoms with Crippen LogP contribution in [0, 0.1) is 17.8 Å². The van der Waals surface area contributed by atoms with Crippen LogP contribution in [0.2, 0.25) is 5.02 Å². The van der Waals surface area contributed by atoms with Gasteiger partial charge in [0.05, 0.1) is 16.5 Å². The van der Waals surface area contributed by atoms with Gasteiger partial charge in [-0.25, -0.2) is 4.98 Å². The van der Waals surface area contributed by atoms with E-state index in [1.807, 2.05) is 6.08 Å². The van der Waals surface area contributed by atoms with Crippen LogP contribution in [0.5, 0.6) is 0 Å². The number of carbonyl (C=O) groups is 2. The topological polar surface area (TPSA) is 68.3 Å². The lowest BCUT2D eigenvalue weighted by Crippen LogP contribution is -2.27. The van der Waals surface area contributed by atoms with E-state index < -0.39 is 30.2 Å². The van der Waals surface area contributed by atoms with Crippen molar-refractivity contribution in [1.29, 1.82) is 0 Å². The first-order valence-corrected chi connectivity index (χ1v) is 7.99. The summed E-state index contributed by atoms with van der Waals surface area (Å²) in [5.74, 6) is -1.08. The number of hydrogen-bond donors (Lipinski definition) is 1. The number of aromatic nitrogens is 1. The third kappa shape index (κ3) is 3.95. The Morgan fingerprint density at radius 2 is 2.08 bits per heavy atom. The van der Waals surface area contributed by atoms with Crippen LogP contribution in [-0.4, -0.2) is 23.5 Å². The first kappa shape index (κ1) is 17.7. The van der Waals surface area contributed by atoms with Gasteiger partial charge in [-0.15, -0.1) is 0 Å². The van der Waals surface area contributed by atoms with Crippen molar-refractivity contribution >= 4 is 29.3 Å². The van der Waals surface area contributed by atoms with E-state index in [4.69, 9.17) is 16.3 Å². The van der Waals surface area contributed by atoms with Gasteiger partial charge in [-0.1, -0.05) is 23.8 Å². The highest BCUT2D eigenvalue weighted by Gasteiger charge is 2.40. The highest BCUT2D eigenvalue weighted by molar-refractivity contribution is 6.33. The van der Waals surface area contributed by atoms with Crippen LogP contribution >= 0.6 is 11.6 Å². The minimum absolute atomic E-state index is 0.159. The monoisotopic (exact) mass is 374 g/mol. The van der Waals surface area contributed by atoms with E-state index >= 15 is 0 Å². The highest BCUT2D eigenvalue weighted by Crippen LogP contribution is 2.43. The molecule has 1 N–H and O–H groups in total. The zero-order valence-electron chi connectivity index (χ0n) is 12.8. The number of alkyl halides is 3. The molecule has 0 aromatic carbocycles. The predicted octanol–water partition coefficient (Wildman–Crippen LogP) is 3.45. The predicted molar refractivity (Wildman–Crippen MR) is 82.7 cm³/mol.